The summed E-state index contributed by atoms with van der Waals surface area (Å²) in [6.07, 6.45) is 0.731. The third-order valence-corrected chi connectivity index (χ3v) is 4.88. The molecule has 0 aromatic heterocycles. The number of rotatable bonds is 7. The number of halogens is 1. The number of sulfonamides is 1. The van der Waals surface area contributed by atoms with Crippen molar-refractivity contribution < 1.29 is 8.42 Å². The molecule has 114 valence electrons. The van der Waals surface area contributed by atoms with Gasteiger partial charge in [-0.3, -0.25) is 0 Å². The van der Waals surface area contributed by atoms with E-state index in [2.05, 4.69) is 23.5 Å². The molecule has 0 heterocycles. The van der Waals surface area contributed by atoms with E-state index in [4.69, 9.17) is 17.3 Å². The first-order chi connectivity index (χ1) is 9.24. The van der Waals surface area contributed by atoms with Gasteiger partial charge < -0.3 is 10.6 Å². The number of nitrogens with two attached hydrogens (primary N) is 1. The van der Waals surface area contributed by atoms with Crippen molar-refractivity contribution >= 4 is 27.3 Å². The van der Waals surface area contributed by atoms with Gasteiger partial charge >= 0.3 is 0 Å². The summed E-state index contributed by atoms with van der Waals surface area (Å²) >= 11 is 5.81. The summed E-state index contributed by atoms with van der Waals surface area (Å²) < 4.78 is 26.8. The van der Waals surface area contributed by atoms with E-state index in [1.54, 1.807) is 6.07 Å². The lowest BCUT2D eigenvalue weighted by molar-refractivity contribution is 0.271. The van der Waals surface area contributed by atoms with Crippen LogP contribution in [0.4, 0.5) is 5.69 Å². The highest BCUT2D eigenvalue weighted by Crippen LogP contribution is 2.22. The summed E-state index contributed by atoms with van der Waals surface area (Å²) in [4.78, 5) is 2.18. The fraction of sp³-hybridized carbons (Fsp3) is 0.538. The average Bonchev–Trinajstić information content (AvgIpc) is 2.37. The molecule has 1 aromatic carbocycles. The van der Waals surface area contributed by atoms with Gasteiger partial charge in [0.25, 0.3) is 0 Å². The second-order valence-electron chi connectivity index (χ2n) is 5.01. The van der Waals surface area contributed by atoms with E-state index in [0.717, 1.165) is 13.0 Å². The number of hydrogen-bond donors (Lipinski definition) is 2. The van der Waals surface area contributed by atoms with Gasteiger partial charge in [0.1, 0.15) is 4.90 Å². The molecule has 0 radical (unpaired) electrons. The van der Waals surface area contributed by atoms with Gasteiger partial charge in [0.15, 0.2) is 0 Å². The van der Waals surface area contributed by atoms with Gasteiger partial charge in [0.2, 0.25) is 10.0 Å². The Morgan fingerprint density at radius 2 is 2.05 bits per heavy atom. The standard InChI is InChI=1S/C13H22ClN3O2S/c1-10(2)17(3)8-4-7-16-20(18,19)13-9-11(14)5-6-12(13)15/h5-6,9-10,16H,4,7-8,15H2,1-3H3. The molecule has 0 atom stereocenters. The Morgan fingerprint density at radius 1 is 1.40 bits per heavy atom. The van der Waals surface area contributed by atoms with Crippen LogP contribution in [0.1, 0.15) is 20.3 Å². The Labute approximate surface area is 126 Å². The van der Waals surface area contributed by atoms with Crippen molar-refractivity contribution in [3.8, 4) is 0 Å². The van der Waals surface area contributed by atoms with E-state index >= 15 is 0 Å². The van der Waals surface area contributed by atoms with Crippen LogP contribution < -0.4 is 10.5 Å². The summed E-state index contributed by atoms with van der Waals surface area (Å²) in [5, 5.41) is 0.346. The van der Waals surface area contributed by atoms with Gasteiger partial charge in [-0.1, -0.05) is 11.6 Å². The van der Waals surface area contributed by atoms with Crippen LogP contribution in [0, 0.1) is 0 Å². The Hall–Kier alpha value is -0.820. The topological polar surface area (TPSA) is 75.4 Å². The van der Waals surface area contributed by atoms with E-state index in [1.165, 1.54) is 12.1 Å². The largest absolute Gasteiger partial charge is 0.398 e. The second-order valence-corrected chi connectivity index (χ2v) is 7.18. The fourth-order valence-corrected chi connectivity index (χ4v) is 3.08. The molecule has 0 unspecified atom stereocenters. The monoisotopic (exact) mass is 319 g/mol. The summed E-state index contributed by atoms with van der Waals surface area (Å²) in [7, 11) is -1.60. The summed E-state index contributed by atoms with van der Waals surface area (Å²) in [6.45, 7) is 5.38. The maximum atomic E-state index is 12.1. The second kappa shape index (κ2) is 7.26. The third kappa shape index (κ3) is 4.94. The van der Waals surface area contributed by atoms with Crippen LogP contribution in [0.3, 0.4) is 0 Å². The van der Waals surface area contributed by atoms with Crippen LogP contribution in [0.2, 0.25) is 5.02 Å². The van der Waals surface area contributed by atoms with Crippen LogP contribution in [0.5, 0.6) is 0 Å². The lowest BCUT2D eigenvalue weighted by Crippen LogP contribution is -2.31. The van der Waals surface area contributed by atoms with Crippen molar-refractivity contribution in [3.63, 3.8) is 0 Å². The van der Waals surface area contributed by atoms with Gasteiger partial charge in [-0.15, -0.1) is 0 Å². The number of nitrogen functional groups attached to an aromatic ring is 1. The van der Waals surface area contributed by atoms with Crippen molar-refractivity contribution in [2.24, 2.45) is 0 Å². The smallest absolute Gasteiger partial charge is 0.242 e. The zero-order valence-corrected chi connectivity index (χ0v) is 13.6. The Kier molecular flexibility index (Phi) is 6.26. The Morgan fingerprint density at radius 3 is 2.65 bits per heavy atom. The number of benzene rings is 1. The van der Waals surface area contributed by atoms with Gasteiger partial charge in [0.05, 0.1) is 5.69 Å². The quantitative estimate of drug-likeness (QED) is 0.595. The lowest BCUT2D eigenvalue weighted by atomic mass is 10.3. The number of anilines is 1. The normalized spacial score (nSPS) is 12.3. The average molecular weight is 320 g/mol. The molecule has 5 nitrogen and oxygen atoms in total. The molecule has 1 aromatic rings. The van der Waals surface area contributed by atoms with Crippen molar-refractivity contribution in [1.82, 2.24) is 9.62 Å². The SMILES string of the molecule is CC(C)N(C)CCCNS(=O)(=O)c1cc(Cl)ccc1N. The zero-order chi connectivity index (χ0) is 15.3. The molecule has 0 aliphatic carbocycles. The van der Waals surface area contributed by atoms with E-state index in [-0.39, 0.29) is 10.6 Å². The van der Waals surface area contributed by atoms with Crippen molar-refractivity contribution in [3.05, 3.63) is 23.2 Å². The first-order valence-electron chi connectivity index (χ1n) is 6.49. The Balaban J connectivity index is 2.60. The molecule has 3 N–H and O–H groups in total. The van der Waals surface area contributed by atoms with Crippen molar-refractivity contribution in [2.75, 3.05) is 25.9 Å². The molecular weight excluding hydrogens is 298 g/mol. The first-order valence-corrected chi connectivity index (χ1v) is 8.35. The molecule has 7 heteroatoms. The minimum Gasteiger partial charge on any atom is -0.398 e. The van der Waals surface area contributed by atoms with Crippen LogP contribution >= 0.6 is 11.6 Å². The molecule has 0 fully saturated rings. The minimum atomic E-state index is -3.61. The minimum absolute atomic E-state index is 0.0298. The fourth-order valence-electron chi connectivity index (χ4n) is 1.61. The van der Waals surface area contributed by atoms with Gasteiger partial charge in [-0.05, 0) is 52.1 Å². The van der Waals surface area contributed by atoms with Gasteiger partial charge in [-0.2, -0.15) is 0 Å². The van der Waals surface area contributed by atoms with Crippen LogP contribution in [-0.4, -0.2) is 39.5 Å². The predicted molar refractivity (Wildman–Crippen MR) is 83.4 cm³/mol. The summed E-state index contributed by atoms with van der Waals surface area (Å²) in [5.41, 5.74) is 5.88. The molecule has 0 spiro atoms. The third-order valence-electron chi connectivity index (χ3n) is 3.13. The maximum absolute atomic E-state index is 12.1. The highest BCUT2D eigenvalue weighted by atomic mass is 35.5. The molecule has 1 rings (SSSR count). The summed E-state index contributed by atoms with van der Waals surface area (Å²) in [6, 6.07) is 4.85. The summed E-state index contributed by atoms with van der Waals surface area (Å²) in [5.74, 6) is 0. The van der Waals surface area contributed by atoms with Crippen LogP contribution in [-0.2, 0) is 10.0 Å². The van der Waals surface area contributed by atoms with Crippen LogP contribution in [0.15, 0.2) is 23.1 Å². The molecule has 0 aliphatic rings. The molecule has 0 bridgehead atoms. The Bertz CT molecular complexity index is 547. The van der Waals surface area contributed by atoms with E-state index in [9.17, 15) is 8.42 Å². The maximum Gasteiger partial charge on any atom is 0.242 e. The molecular formula is C13H22ClN3O2S. The van der Waals surface area contributed by atoms with Gasteiger partial charge in [-0.25, -0.2) is 13.1 Å². The number of nitrogens with zero attached hydrogens (tertiary/aromatic N) is 1. The molecule has 0 aliphatic heterocycles. The molecule has 0 saturated heterocycles. The highest BCUT2D eigenvalue weighted by molar-refractivity contribution is 7.89. The lowest BCUT2D eigenvalue weighted by Gasteiger charge is -2.20. The van der Waals surface area contributed by atoms with E-state index in [1.807, 2.05) is 7.05 Å². The van der Waals surface area contributed by atoms with Crippen molar-refractivity contribution in [1.29, 1.82) is 0 Å². The molecule has 20 heavy (non-hydrogen) atoms. The first kappa shape index (κ1) is 17.2. The van der Waals surface area contributed by atoms with Gasteiger partial charge in [0, 0.05) is 17.6 Å². The van der Waals surface area contributed by atoms with E-state index < -0.39 is 10.0 Å². The van der Waals surface area contributed by atoms with Crippen molar-refractivity contribution in [2.45, 2.75) is 31.2 Å². The highest BCUT2D eigenvalue weighted by Gasteiger charge is 2.17. The molecule has 0 amide bonds. The van der Waals surface area contributed by atoms with E-state index in [0.29, 0.717) is 17.6 Å². The zero-order valence-electron chi connectivity index (χ0n) is 12.1. The van der Waals surface area contributed by atoms with Crippen LogP contribution in [0.25, 0.3) is 0 Å². The number of hydrogen-bond acceptors (Lipinski definition) is 4. The number of nitrogens with one attached hydrogen (secondary N) is 1. The molecule has 0 saturated carbocycles. The predicted octanol–water partition coefficient (Wildman–Crippen LogP) is 1.93.